The number of nitrogens with one attached hydrogen (secondary N) is 1. The Morgan fingerprint density at radius 2 is 1.77 bits per heavy atom. The van der Waals surface area contributed by atoms with E-state index in [1.807, 2.05) is 41.8 Å². The maximum Gasteiger partial charge on any atom is 0.246 e. The van der Waals surface area contributed by atoms with Gasteiger partial charge in [-0.15, -0.1) is 11.3 Å². The summed E-state index contributed by atoms with van der Waals surface area (Å²) < 4.78 is 13.1. The number of carbonyl (C=O) groups excluding carboxylic acids is 2. The lowest BCUT2D eigenvalue weighted by molar-refractivity contribution is -0.130. The van der Waals surface area contributed by atoms with Crippen LogP contribution in [-0.4, -0.2) is 34.8 Å². The summed E-state index contributed by atoms with van der Waals surface area (Å²) in [7, 11) is 0. The maximum atomic E-state index is 13.1. The zero-order chi connectivity index (χ0) is 21.6. The van der Waals surface area contributed by atoms with Crippen LogP contribution < -0.4 is 5.32 Å². The molecular formula is C24H22FN3O2S. The topological polar surface area (TPSA) is 62.3 Å². The fraction of sp³-hybridized carbons (Fsp3) is 0.208. The minimum absolute atomic E-state index is 0.0356. The van der Waals surface area contributed by atoms with Gasteiger partial charge in [0.1, 0.15) is 5.82 Å². The van der Waals surface area contributed by atoms with Crippen LogP contribution in [0.4, 0.5) is 9.52 Å². The van der Waals surface area contributed by atoms with Gasteiger partial charge in [-0.25, -0.2) is 9.37 Å². The highest BCUT2D eigenvalue weighted by atomic mass is 32.1. The Hall–Kier alpha value is -3.32. The smallest absolute Gasteiger partial charge is 0.246 e. The van der Waals surface area contributed by atoms with Gasteiger partial charge in [-0.3, -0.25) is 9.59 Å². The molecule has 0 aliphatic carbocycles. The molecule has 1 saturated heterocycles. The largest absolute Gasteiger partial charge is 0.339 e. The lowest BCUT2D eigenvalue weighted by atomic mass is 9.96. The number of anilines is 1. The average molecular weight is 436 g/mol. The van der Waals surface area contributed by atoms with Crippen LogP contribution in [0.2, 0.25) is 0 Å². The second kappa shape index (κ2) is 9.66. The van der Waals surface area contributed by atoms with Gasteiger partial charge in [0.05, 0.1) is 5.69 Å². The number of nitrogens with zero attached hydrogens (tertiary/aromatic N) is 2. The van der Waals surface area contributed by atoms with Gasteiger partial charge in [-0.2, -0.15) is 0 Å². The van der Waals surface area contributed by atoms with Crippen LogP contribution in [0.25, 0.3) is 17.3 Å². The molecule has 1 aliphatic rings. The summed E-state index contributed by atoms with van der Waals surface area (Å²) in [6.45, 7) is 1.10. The van der Waals surface area contributed by atoms with Crippen molar-refractivity contribution >= 4 is 34.4 Å². The molecule has 5 nitrogen and oxygen atoms in total. The molecule has 2 aromatic carbocycles. The first-order valence-electron chi connectivity index (χ1n) is 10.1. The fourth-order valence-corrected chi connectivity index (χ4v) is 4.21. The number of halogens is 1. The van der Waals surface area contributed by atoms with E-state index in [9.17, 15) is 14.0 Å². The van der Waals surface area contributed by atoms with E-state index in [1.54, 1.807) is 23.1 Å². The Labute approximate surface area is 184 Å². The second-order valence-electron chi connectivity index (χ2n) is 7.38. The zero-order valence-corrected chi connectivity index (χ0v) is 17.6. The summed E-state index contributed by atoms with van der Waals surface area (Å²) in [5.41, 5.74) is 2.48. The van der Waals surface area contributed by atoms with Crippen LogP contribution in [0.1, 0.15) is 18.4 Å². The van der Waals surface area contributed by atoms with Crippen LogP contribution in [0, 0.1) is 11.7 Å². The Morgan fingerprint density at radius 3 is 2.48 bits per heavy atom. The lowest BCUT2D eigenvalue weighted by Gasteiger charge is -2.30. The lowest BCUT2D eigenvalue weighted by Crippen LogP contribution is -2.40. The van der Waals surface area contributed by atoms with Gasteiger partial charge < -0.3 is 10.2 Å². The molecule has 0 bridgehead atoms. The van der Waals surface area contributed by atoms with Crippen molar-refractivity contribution in [3.8, 4) is 11.3 Å². The van der Waals surface area contributed by atoms with Gasteiger partial charge in [0, 0.05) is 36.0 Å². The van der Waals surface area contributed by atoms with Crippen LogP contribution in [-0.2, 0) is 9.59 Å². The van der Waals surface area contributed by atoms with Gasteiger partial charge in [0.15, 0.2) is 5.13 Å². The van der Waals surface area contributed by atoms with Crippen LogP contribution >= 0.6 is 11.3 Å². The predicted molar refractivity (Wildman–Crippen MR) is 121 cm³/mol. The van der Waals surface area contributed by atoms with Crippen LogP contribution in [0.5, 0.6) is 0 Å². The molecule has 0 saturated carbocycles. The van der Waals surface area contributed by atoms with E-state index in [-0.39, 0.29) is 23.5 Å². The number of hydrogen-bond acceptors (Lipinski definition) is 4. The summed E-state index contributed by atoms with van der Waals surface area (Å²) in [6, 6.07) is 15.8. The van der Waals surface area contributed by atoms with E-state index in [0.717, 1.165) is 11.1 Å². The molecule has 1 N–H and O–H groups in total. The number of thiazole rings is 1. The third-order valence-corrected chi connectivity index (χ3v) is 6.03. The van der Waals surface area contributed by atoms with Crippen molar-refractivity contribution in [2.24, 2.45) is 5.92 Å². The van der Waals surface area contributed by atoms with Crippen molar-refractivity contribution in [3.05, 3.63) is 77.4 Å². The molecule has 0 spiro atoms. The molecular weight excluding hydrogens is 413 g/mol. The molecule has 0 unspecified atom stereocenters. The van der Waals surface area contributed by atoms with Crippen molar-refractivity contribution in [3.63, 3.8) is 0 Å². The number of benzene rings is 2. The normalized spacial score (nSPS) is 14.7. The summed E-state index contributed by atoms with van der Waals surface area (Å²) in [6.07, 6.45) is 4.63. The van der Waals surface area contributed by atoms with Crippen molar-refractivity contribution in [2.75, 3.05) is 18.4 Å². The summed E-state index contributed by atoms with van der Waals surface area (Å²) in [4.78, 5) is 31.2. The van der Waals surface area contributed by atoms with E-state index in [2.05, 4.69) is 10.3 Å². The van der Waals surface area contributed by atoms with Gasteiger partial charge in [0.2, 0.25) is 11.8 Å². The third-order valence-electron chi connectivity index (χ3n) is 5.27. The Kier molecular flexibility index (Phi) is 6.52. The number of amides is 2. The van der Waals surface area contributed by atoms with Gasteiger partial charge in [-0.1, -0.05) is 30.3 Å². The molecule has 31 heavy (non-hydrogen) atoms. The summed E-state index contributed by atoms with van der Waals surface area (Å²) in [5, 5.41) is 5.24. The molecule has 2 heterocycles. The highest BCUT2D eigenvalue weighted by Crippen LogP contribution is 2.26. The number of piperidine rings is 1. The average Bonchev–Trinajstić information content (AvgIpc) is 3.27. The predicted octanol–water partition coefficient (Wildman–Crippen LogP) is 4.84. The molecule has 1 aromatic heterocycles. The molecule has 2 amide bonds. The van der Waals surface area contributed by atoms with E-state index >= 15 is 0 Å². The van der Waals surface area contributed by atoms with E-state index in [0.29, 0.717) is 36.8 Å². The SMILES string of the molecule is O=C(Nc1nc(-c2ccc(F)cc2)cs1)C1CCN(C(=O)/C=C/c2ccccc2)CC1. The second-order valence-corrected chi connectivity index (χ2v) is 8.24. The minimum Gasteiger partial charge on any atom is -0.339 e. The first-order valence-corrected chi connectivity index (χ1v) is 11.0. The maximum absolute atomic E-state index is 13.1. The van der Waals surface area contributed by atoms with E-state index in [4.69, 9.17) is 0 Å². The molecule has 0 radical (unpaired) electrons. The van der Waals surface area contributed by atoms with Crippen molar-refractivity contribution in [1.29, 1.82) is 0 Å². The molecule has 3 aromatic rings. The van der Waals surface area contributed by atoms with Crippen LogP contribution in [0.15, 0.2) is 66.1 Å². The molecule has 1 aliphatic heterocycles. The number of hydrogen-bond donors (Lipinski definition) is 1. The number of rotatable bonds is 5. The fourth-order valence-electron chi connectivity index (χ4n) is 3.49. The number of aromatic nitrogens is 1. The Bertz CT molecular complexity index is 1070. The monoisotopic (exact) mass is 435 g/mol. The quantitative estimate of drug-likeness (QED) is 0.584. The van der Waals surface area contributed by atoms with Gasteiger partial charge in [-0.05, 0) is 48.7 Å². The summed E-state index contributed by atoms with van der Waals surface area (Å²) in [5.74, 6) is -0.563. The van der Waals surface area contributed by atoms with Gasteiger partial charge >= 0.3 is 0 Å². The van der Waals surface area contributed by atoms with Crippen molar-refractivity contribution < 1.29 is 14.0 Å². The highest BCUT2D eigenvalue weighted by molar-refractivity contribution is 7.14. The Morgan fingerprint density at radius 1 is 1.06 bits per heavy atom. The molecule has 0 atom stereocenters. The number of likely N-dealkylation sites (tertiary alicyclic amines) is 1. The van der Waals surface area contributed by atoms with E-state index in [1.165, 1.54) is 23.5 Å². The summed E-state index contributed by atoms with van der Waals surface area (Å²) >= 11 is 1.34. The molecule has 7 heteroatoms. The third kappa shape index (κ3) is 5.44. The zero-order valence-electron chi connectivity index (χ0n) is 16.8. The standard InChI is InChI=1S/C24H22FN3O2S/c25-20-9-7-18(8-10-20)21-16-31-24(26-21)27-23(30)19-12-14-28(15-13-19)22(29)11-6-17-4-2-1-3-5-17/h1-11,16,19H,12-15H2,(H,26,27,30)/b11-6+. The van der Waals surface area contributed by atoms with Crippen molar-refractivity contribution in [1.82, 2.24) is 9.88 Å². The van der Waals surface area contributed by atoms with Crippen molar-refractivity contribution in [2.45, 2.75) is 12.8 Å². The van der Waals surface area contributed by atoms with Gasteiger partial charge in [0.25, 0.3) is 0 Å². The number of carbonyl (C=O) groups is 2. The molecule has 158 valence electrons. The minimum atomic E-state index is -0.298. The molecule has 1 fully saturated rings. The first-order chi connectivity index (χ1) is 15.1. The van der Waals surface area contributed by atoms with E-state index < -0.39 is 0 Å². The van der Waals surface area contributed by atoms with Crippen LogP contribution in [0.3, 0.4) is 0 Å². The molecule has 4 rings (SSSR count). The first kappa shape index (κ1) is 20.9. The Balaban J connectivity index is 1.28. The highest BCUT2D eigenvalue weighted by Gasteiger charge is 2.27.